The lowest BCUT2D eigenvalue weighted by atomic mass is 10.2. The lowest BCUT2D eigenvalue weighted by Gasteiger charge is -2.11. The first kappa shape index (κ1) is 14.7. The van der Waals surface area contributed by atoms with Gasteiger partial charge in [0.1, 0.15) is 0 Å². The van der Waals surface area contributed by atoms with Crippen LogP contribution in [0.15, 0.2) is 47.2 Å². The second-order valence-electron chi connectivity index (χ2n) is 5.03. The highest BCUT2D eigenvalue weighted by Crippen LogP contribution is 2.19. The molecule has 2 heterocycles. The number of hydrogen-bond acceptors (Lipinski definition) is 5. The van der Waals surface area contributed by atoms with Crippen molar-refractivity contribution in [2.75, 3.05) is 0 Å². The van der Waals surface area contributed by atoms with Gasteiger partial charge < -0.3 is 9.84 Å². The van der Waals surface area contributed by atoms with Gasteiger partial charge in [0.15, 0.2) is 0 Å². The molecule has 2 aromatic heterocycles. The Bertz CT molecular complexity index is 725. The van der Waals surface area contributed by atoms with Gasteiger partial charge in [0.25, 0.3) is 0 Å². The van der Waals surface area contributed by atoms with Gasteiger partial charge in [-0.25, -0.2) is 0 Å². The number of nitrogens with one attached hydrogen (secondary N) is 1. The Morgan fingerprint density at radius 2 is 2.27 bits per heavy atom. The van der Waals surface area contributed by atoms with E-state index in [1.807, 2.05) is 41.2 Å². The predicted molar refractivity (Wildman–Crippen MR) is 83.3 cm³/mol. The van der Waals surface area contributed by atoms with Crippen LogP contribution in [0.2, 0.25) is 5.02 Å². The van der Waals surface area contributed by atoms with Gasteiger partial charge >= 0.3 is 0 Å². The van der Waals surface area contributed by atoms with Crippen LogP contribution in [0.3, 0.4) is 0 Å². The number of aromatic nitrogens is 4. The molecule has 0 spiro atoms. The fourth-order valence-electron chi connectivity index (χ4n) is 2.09. The summed E-state index contributed by atoms with van der Waals surface area (Å²) in [6, 6.07) is 9.52. The van der Waals surface area contributed by atoms with E-state index in [4.69, 9.17) is 16.1 Å². The fourth-order valence-corrected chi connectivity index (χ4v) is 2.28. The molecule has 0 fully saturated rings. The maximum atomic E-state index is 5.97. The molecule has 0 aliphatic carbocycles. The molecule has 3 aromatic rings. The van der Waals surface area contributed by atoms with Crippen molar-refractivity contribution in [1.82, 2.24) is 25.2 Å². The summed E-state index contributed by atoms with van der Waals surface area (Å²) in [5, 5.41) is 12.1. The summed E-state index contributed by atoms with van der Waals surface area (Å²) in [5.41, 5.74) is 0.840. The highest BCUT2D eigenvalue weighted by atomic mass is 35.5. The van der Waals surface area contributed by atoms with E-state index >= 15 is 0 Å². The molecular formula is C15H16ClN5O. The minimum absolute atomic E-state index is 0.237. The van der Waals surface area contributed by atoms with Crippen molar-refractivity contribution < 1.29 is 4.52 Å². The third kappa shape index (κ3) is 3.72. The van der Waals surface area contributed by atoms with Crippen LogP contribution in [0.4, 0.5) is 0 Å². The van der Waals surface area contributed by atoms with Gasteiger partial charge in [-0.05, 0) is 25.1 Å². The van der Waals surface area contributed by atoms with Crippen LogP contribution in [0.25, 0.3) is 11.4 Å². The van der Waals surface area contributed by atoms with Crippen molar-refractivity contribution in [3.63, 3.8) is 0 Å². The SMILES string of the molecule is C[C@H](Cn1cccn1)NCc1nc(-c2cccc(Cl)c2)no1. The average molecular weight is 318 g/mol. The summed E-state index contributed by atoms with van der Waals surface area (Å²) < 4.78 is 7.13. The maximum Gasteiger partial charge on any atom is 0.240 e. The summed E-state index contributed by atoms with van der Waals surface area (Å²) in [7, 11) is 0. The largest absolute Gasteiger partial charge is 0.338 e. The van der Waals surface area contributed by atoms with Crippen LogP contribution in [0.1, 0.15) is 12.8 Å². The van der Waals surface area contributed by atoms with Crippen molar-refractivity contribution in [1.29, 1.82) is 0 Å². The summed E-state index contributed by atoms with van der Waals surface area (Å²) in [5.74, 6) is 1.08. The minimum Gasteiger partial charge on any atom is -0.338 e. The van der Waals surface area contributed by atoms with Gasteiger partial charge in [-0.3, -0.25) is 4.68 Å². The monoisotopic (exact) mass is 317 g/mol. The molecule has 0 unspecified atom stereocenters. The van der Waals surface area contributed by atoms with Gasteiger partial charge in [-0.1, -0.05) is 28.9 Å². The standard InChI is InChI=1S/C15H16ClN5O/c1-11(10-21-7-3-6-18-21)17-9-14-19-15(20-22-14)12-4-2-5-13(16)8-12/h2-8,11,17H,9-10H2,1H3/t11-/m1/s1. The third-order valence-electron chi connectivity index (χ3n) is 3.17. The second kappa shape index (κ2) is 6.72. The molecule has 1 N–H and O–H groups in total. The van der Waals surface area contributed by atoms with E-state index < -0.39 is 0 Å². The smallest absolute Gasteiger partial charge is 0.240 e. The van der Waals surface area contributed by atoms with E-state index in [1.54, 1.807) is 6.20 Å². The third-order valence-corrected chi connectivity index (χ3v) is 3.41. The molecule has 0 saturated heterocycles. The molecule has 0 bridgehead atoms. The van der Waals surface area contributed by atoms with Gasteiger partial charge in [-0.2, -0.15) is 10.1 Å². The second-order valence-corrected chi connectivity index (χ2v) is 5.47. The molecule has 6 nitrogen and oxygen atoms in total. The highest BCUT2D eigenvalue weighted by molar-refractivity contribution is 6.30. The van der Waals surface area contributed by atoms with Gasteiger partial charge in [0.05, 0.1) is 13.1 Å². The molecule has 0 aliphatic heterocycles. The van der Waals surface area contributed by atoms with Crippen LogP contribution in [-0.2, 0) is 13.1 Å². The van der Waals surface area contributed by atoms with Crippen molar-refractivity contribution in [2.45, 2.75) is 26.1 Å². The van der Waals surface area contributed by atoms with Crippen LogP contribution in [0, 0.1) is 0 Å². The Morgan fingerprint density at radius 3 is 3.05 bits per heavy atom. The van der Waals surface area contributed by atoms with E-state index in [-0.39, 0.29) is 6.04 Å². The number of rotatable bonds is 6. The summed E-state index contributed by atoms with van der Waals surface area (Å²) in [6.45, 7) is 3.37. The Kier molecular flexibility index (Phi) is 4.50. The molecule has 0 saturated carbocycles. The van der Waals surface area contributed by atoms with E-state index in [9.17, 15) is 0 Å². The normalized spacial score (nSPS) is 12.5. The van der Waals surface area contributed by atoms with Crippen molar-refractivity contribution >= 4 is 11.6 Å². The average Bonchev–Trinajstić information content (AvgIpc) is 3.16. The van der Waals surface area contributed by atoms with Crippen molar-refractivity contribution in [3.05, 3.63) is 53.6 Å². The topological polar surface area (TPSA) is 68.8 Å². The number of nitrogens with zero attached hydrogens (tertiary/aromatic N) is 4. The first-order valence-corrected chi connectivity index (χ1v) is 7.38. The first-order valence-electron chi connectivity index (χ1n) is 7.00. The lowest BCUT2D eigenvalue weighted by Crippen LogP contribution is -2.30. The highest BCUT2D eigenvalue weighted by Gasteiger charge is 2.10. The zero-order valence-electron chi connectivity index (χ0n) is 12.1. The van der Waals surface area contributed by atoms with E-state index in [0.29, 0.717) is 23.3 Å². The molecule has 1 aromatic carbocycles. The Morgan fingerprint density at radius 1 is 1.36 bits per heavy atom. The quantitative estimate of drug-likeness (QED) is 0.757. The molecule has 0 amide bonds. The molecule has 0 aliphatic rings. The molecule has 0 radical (unpaired) electrons. The Labute approximate surface area is 133 Å². The van der Waals surface area contributed by atoms with Crippen LogP contribution in [0.5, 0.6) is 0 Å². The van der Waals surface area contributed by atoms with Crippen LogP contribution >= 0.6 is 11.6 Å². The fraction of sp³-hybridized carbons (Fsp3) is 0.267. The number of benzene rings is 1. The molecule has 3 rings (SSSR count). The van der Waals surface area contributed by atoms with E-state index in [1.165, 1.54) is 0 Å². The van der Waals surface area contributed by atoms with E-state index in [0.717, 1.165) is 12.1 Å². The predicted octanol–water partition coefficient (Wildman–Crippen LogP) is 2.76. The van der Waals surface area contributed by atoms with Crippen molar-refractivity contribution in [2.24, 2.45) is 0 Å². The summed E-state index contributed by atoms with van der Waals surface area (Å²) in [4.78, 5) is 4.37. The van der Waals surface area contributed by atoms with Crippen LogP contribution < -0.4 is 5.32 Å². The van der Waals surface area contributed by atoms with Gasteiger partial charge in [0, 0.05) is 29.0 Å². The van der Waals surface area contributed by atoms with Gasteiger partial charge in [-0.15, -0.1) is 0 Å². The number of halogens is 1. The zero-order chi connectivity index (χ0) is 15.4. The molecule has 1 atom stereocenters. The summed E-state index contributed by atoms with van der Waals surface area (Å²) >= 11 is 5.97. The van der Waals surface area contributed by atoms with Crippen LogP contribution in [-0.4, -0.2) is 26.0 Å². The Balaban J connectivity index is 1.58. The lowest BCUT2D eigenvalue weighted by molar-refractivity contribution is 0.350. The minimum atomic E-state index is 0.237. The first-order chi connectivity index (χ1) is 10.7. The molecule has 114 valence electrons. The Hall–Kier alpha value is -2.18. The molecular weight excluding hydrogens is 302 g/mol. The number of hydrogen-bond donors (Lipinski definition) is 1. The molecule has 7 heteroatoms. The maximum absolute atomic E-state index is 5.97. The van der Waals surface area contributed by atoms with Crippen molar-refractivity contribution in [3.8, 4) is 11.4 Å². The summed E-state index contributed by atoms with van der Waals surface area (Å²) in [6.07, 6.45) is 3.70. The van der Waals surface area contributed by atoms with Gasteiger partial charge in [0.2, 0.25) is 11.7 Å². The van der Waals surface area contributed by atoms with E-state index in [2.05, 4.69) is 27.5 Å². The zero-order valence-corrected chi connectivity index (χ0v) is 12.9. The molecule has 22 heavy (non-hydrogen) atoms.